The Hall–Kier alpha value is -6.06. The zero-order valence-corrected chi connectivity index (χ0v) is 33.0. The third-order valence-corrected chi connectivity index (χ3v) is 14.1. The van der Waals surface area contributed by atoms with Crippen molar-refractivity contribution in [1.82, 2.24) is 4.48 Å². The molecule has 0 unspecified atom stereocenters. The number of aromatic nitrogens is 1. The van der Waals surface area contributed by atoms with Gasteiger partial charge in [-0.15, -0.1) is 0 Å². The molecular weight excluding hydrogens is 687 g/mol. The van der Waals surface area contributed by atoms with Crippen molar-refractivity contribution in [2.45, 2.75) is 63.7 Å². The molecule has 0 saturated heterocycles. The molecule has 3 aliphatic heterocycles. The predicted molar refractivity (Wildman–Crippen MR) is 240 cm³/mol. The molecule has 12 rings (SSSR count). The van der Waals surface area contributed by atoms with Gasteiger partial charge >= 0.3 is 6.85 Å². The van der Waals surface area contributed by atoms with Gasteiger partial charge in [-0.05, 0) is 80.4 Å². The molecule has 1 aliphatic carbocycles. The summed E-state index contributed by atoms with van der Waals surface area (Å²) < 4.78 is 2.79. The Morgan fingerprint density at radius 3 is 2.00 bits per heavy atom. The Morgan fingerprint density at radius 2 is 1.23 bits per heavy atom. The monoisotopic (exact) mass is 732 g/mol. The first-order valence-electron chi connectivity index (χ1n) is 21.1. The van der Waals surface area contributed by atoms with Crippen LogP contribution in [0.2, 0.25) is 0 Å². The highest BCUT2D eigenvalue weighted by Crippen LogP contribution is 2.60. The molecule has 1 aromatic heterocycles. The molecule has 0 amide bonds. The predicted octanol–water partition coefficient (Wildman–Crippen LogP) is 12.2. The molecule has 3 heteroatoms. The van der Waals surface area contributed by atoms with Gasteiger partial charge in [0.2, 0.25) is 0 Å². The van der Waals surface area contributed by atoms with Gasteiger partial charge in [0, 0.05) is 44.5 Å². The molecule has 7 aromatic carbocycles. The van der Waals surface area contributed by atoms with Gasteiger partial charge in [0.1, 0.15) is 0 Å². The van der Waals surface area contributed by atoms with Gasteiger partial charge in [-0.1, -0.05) is 186 Å². The van der Waals surface area contributed by atoms with Gasteiger partial charge in [0.05, 0.1) is 11.1 Å². The second kappa shape index (κ2) is 12.0. The van der Waals surface area contributed by atoms with Crippen LogP contribution in [-0.4, -0.2) is 11.3 Å². The van der Waals surface area contributed by atoms with Crippen LogP contribution in [0.15, 0.2) is 158 Å². The number of aryl methyl sites for hydroxylation is 1. The van der Waals surface area contributed by atoms with Crippen LogP contribution < -0.4 is 15.8 Å². The van der Waals surface area contributed by atoms with Crippen molar-refractivity contribution in [2.75, 3.05) is 4.90 Å². The van der Waals surface area contributed by atoms with Crippen molar-refractivity contribution >= 4 is 45.7 Å². The SMILES string of the molecule is CCCCCCc1cc2c3c(c1)N1c4ccccc4C(c4ccccc4)(c4ccccc4)c4cccc(c41)B3n1c3c(c4cccc-2c41)C(C)(C)c1ccccc1-3. The zero-order valence-electron chi connectivity index (χ0n) is 33.0. The highest BCUT2D eigenvalue weighted by molar-refractivity contribution is 6.90. The Kier molecular flexibility index (Phi) is 6.96. The molecule has 0 radical (unpaired) electrons. The lowest BCUT2D eigenvalue weighted by molar-refractivity contribution is 0.666. The molecule has 4 heterocycles. The van der Waals surface area contributed by atoms with E-state index in [1.807, 2.05) is 0 Å². The summed E-state index contributed by atoms with van der Waals surface area (Å²) in [5, 5.41) is 1.39. The lowest BCUT2D eigenvalue weighted by atomic mass is 9.43. The van der Waals surface area contributed by atoms with Crippen molar-refractivity contribution in [1.29, 1.82) is 0 Å². The summed E-state index contributed by atoms with van der Waals surface area (Å²) in [6, 6.07) is 60.6. The van der Waals surface area contributed by atoms with Crippen LogP contribution in [0.25, 0.3) is 33.3 Å². The molecule has 274 valence electrons. The maximum atomic E-state index is 2.79. The smallest absolute Gasteiger partial charge is 0.333 e. The second-order valence-electron chi connectivity index (χ2n) is 17.3. The maximum Gasteiger partial charge on any atom is 0.333 e. The topological polar surface area (TPSA) is 8.17 Å². The van der Waals surface area contributed by atoms with E-state index >= 15 is 0 Å². The first-order valence-corrected chi connectivity index (χ1v) is 21.1. The van der Waals surface area contributed by atoms with Crippen LogP contribution in [0.5, 0.6) is 0 Å². The van der Waals surface area contributed by atoms with Gasteiger partial charge in [-0.3, -0.25) is 0 Å². The van der Waals surface area contributed by atoms with Gasteiger partial charge in [0.25, 0.3) is 0 Å². The summed E-state index contributed by atoms with van der Waals surface area (Å²) in [4.78, 5) is 2.68. The average Bonchev–Trinajstić information content (AvgIpc) is 3.73. The van der Waals surface area contributed by atoms with E-state index in [9.17, 15) is 0 Å². The minimum absolute atomic E-state index is 0.00737. The summed E-state index contributed by atoms with van der Waals surface area (Å²) in [5.41, 5.74) is 22.6. The third kappa shape index (κ3) is 4.17. The van der Waals surface area contributed by atoms with E-state index in [0.717, 1.165) is 6.42 Å². The molecule has 0 atom stereocenters. The highest BCUT2D eigenvalue weighted by Gasteiger charge is 2.53. The van der Waals surface area contributed by atoms with E-state index in [4.69, 9.17) is 0 Å². The fraction of sp³-hybridized carbons (Fsp3) is 0.185. The Balaban J connectivity index is 1.25. The number of fused-ring (bicyclic) bond motifs is 11. The Morgan fingerprint density at radius 1 is 0.561 bits per heavy atom. The second-order valence-corrected chi connectivity index (χ2v) is 17.3. The van der Waals surface area contributed by atoms with Crippen LogP contribution >= 0.6 is 0 Å². The number of para-hydroxylation sites is 3. The minimum atomic E-state index is -0.520. The Labute approximate surface area is 336 Å². The zero-order chi connectivity index (χ0) is 38.0. The molecule has 0 bridgehead atoms. The standard InChI is InChI=1S/C54H45BN2/c1-4-5-6-9-20-35-33-41-38-26-18-27-40-48-51(39-25-14-15-28-42(39)53(48,2)3)57(50(38)40)55-45-31-19-30-44-52(45)56(47(34-35)49(41)55)46-32-17-16-29-43(46)54(44,36-21-10-7-11-22-36)37-23-12-8-13-24-37/h7-8,10-19,21-34H,4-6,9,20H2,1-3H3. The van der Waals surface area contributed by atoms with Crippen molar-refractivity contribution in [3.8, 4) is 22.4 Å². The van der Waals surface area contributed by atoms with E-state index in [1.165, 1.54) is 126 Å². The van der Waals surface area contributed by atoms with E-state index in [-0.39, 0.29) is 12.3 Å². The van der Waals surface area contributed by atoms with Crippen LogP contribution in [0.4, 0.5) is 17.1 Å². The first kappa shape index (κ1) is 33.1. The van der Waals surface area contributed by atoms with E-state index in [2.05, 4.69) is 188 Å². The molecule has 0 N–H and O–H groups in total. The summed E-state index contributed by atoms with van der Waals surface area (Å²) in [6.07, 6.45) is 6.09. The Bertz CT molecular complexity index is 2900. The summed E-state index contributed by atoms with van der Waals surface area (Å²) in [6.45, 7) is 7.20. The van der Waals surface area contributed by atoms with Crippen LogP contribution in [0.3, 0.4) is 0 Å². The van der Waals surface area contributed by atoms with E-state index in [0.29, 0.717) is 0 Å². The molecule has 0 saturated carbocycles. The van der Waals surface area contributed by atoms with E-state index < -0.39 is 5.41 Å². The van der Waals surface area contributed by atoms with E-state index in [1.54, 1.807) is 0 Å². The minimum Gasteiger partial charge on any atom is -0.375 e. The molecular formula is C54H45BN2. The fourth-order valence-electron chi connectivity index (χ4n) is 11.8. The average molecular weight is 733 g/mol. The first-order chi connectivity index (χ1) is 28.0. The molecule has 57 heavy (non-hydrogen) atoms. The lowest BCUT2D eigenvalue weighted by Gasteiger charge is -2.50. The summed E-state index contributed by atoms with van der Waals surface area (Å²) >= 11 is 0. The largest absolute Gasteiger partial charge is 0.375 e. The van der Waals surface area contributed by atoms with Crippen LogP contribution in [0.1, 0.15) is 85.4 Å². The number of hydrogen-bond donors (Lipinski definition) is 0. The number of benzene rings is 7. The van der Waals surface area contributed by atoms with Crippen LogP contribution in [-0.2, 0) is 17.3 Å². The number of nitrogens with zero attached hydrogens (tertiary/aromatic N) is 2. The van der Waals surface area contributed by atoms with Crippen molar-refractivity contribution in [3.05, 3.63) is 197 Å². The normalized spacial score (nSPS) is 15.5. The third-order valence-electron chi connectivity index (χ3n) is 14.1. The maximum absolute atomic E-state index is 2.79. The van der Waals surface area contributed by atoms with Crippen LogP contribution in [0, 0.1) is 0 Å². The molecule has 8 aromatic rings. The van der Waals surface area contributed by atoms with Crippen molar-refractivity contribution in [3.63, 3.8) is 0 Å². The molecule has 2 nitrogen and oxygen atoms in total. The van der Waals surface area contributed by atoms with Crippen molar-refractivity contribution in [2.24, 2.45) is 0 Å². The summed E-state index contributed by atoms with van der Waals surface area (Å²) in [5.74, 6) is 0. The number of unbranched alkanes of at least 4 members (excludes halogenated alkanes) is 3. The quantitative estimate of drug-likeness (QED) is 0.117. The highest BCUT2D eigenvalue weighted by atomic mass is 15.2. The van der Waals surface area contributed by atoms with Gasteiger partial charge in [-0.25, -0.2) is 0 Å². The van der Waals surface area contributed by atoms with Crippen molar-refractivity contribution < 1.29 is 0 Å². The number of rotatable bonds is 7. The molecule has 0 fully saturated rings. The summed E-state index contributed by atoms with van der Waals surface area (Å²) in [7, 11) is 0. The molecule has 0 spiro atoms. The van der Waals surface area contributed by atoms with Gasteiger partial charge in [0.15, 0.2) is 0 Å². The fourth-order valence-corrected chi connectivity index (χ4v) is 11.8. The molecule has 4 aliphatic rings. The lowest BCUT2D eigenvalue weighted by Crippen LogP contribution is -2.58. The van der Waals surface area contributed by atoms with Gasteiger partial charge < -0.3 is 9.38 Å². The number of hydrogen-bond acceptors (Lipinski definition) is 1. The van der Waals surface area contributed by atoms with Gasteiger partial charge in [-0.2, -0.15) is 0 Å². The number of anilines is 3.